The van der Waals surface area contributed by atoms with Crippen LogP contribution in [0.15, 0.2) is 35.2 Å². The van der Waals surface area contributed by atoms with Crippen molar-refractivity contribution in [2.24, 2.45) is 11.8 Å². The lowest BCUT2D eigenvalue weighted by Gasteiger charge is -2.20. The molecule has 2 saturated heterocycles. The van der Waals surface area contributed by atoms with Crippen LogP contribution in [-0.4, -0.2) is 48.8 Å². The molecule has 2 fully saturated rings. The molecule has 132 valence electrons. The second-order valence-corrected chi connectivity index (χ2v) is 6.26. The number of anilines is 1. The van der Waals surface area contributed by atoms with E-state index in [1.54, 1.807) is 25.5 Å². The number of carbonyl (C=O) groups is 1. The van der Waals surface area contributed by atoms with Crippen molar-refractivity contribution in [3.63, 3.8) is 0 Å². The van der Waals surface area contributed by atoms with Gasteiger partial charge in [0.05, 0.1) is 38.5 Å². The molecule has 4 rings (SSSR count). The number of hydrogen-bond acceptors (Lipinski definition) is 7. The summed E-state index contributed by atoms with van der Waals surface area (Å²) >= 11 is 0. The normalized spacial score (nSPS) is 25.0. The van der Waals surface area contributed by atoms with Gasteiger partial charge in [-0.3, -0.25) is 4.79 Å². The zero-order valence-corrected chi connectivity index (χ0v) is 13.9. The van der Waals surface area contributed by atoms with Gasteiger partial charge in [-0.1, -0.05) is 0 Å². The fraction of sp³-hybridized carbons (Fsp3) is 0.471. The summed E-state index contributed by atoms with van der Waals surface area (Å²) in [5, 5.41) is 2.94. The SMILES string of the molecule is COc1cc(N2C[C@@H]3[C@@H](C(=O)NCc4ccco4)CO[C@@H]3C2)ncn1. The van der Waals surface area contributed by atoms with Gasteiger partial charge >= 0.3 is 0 Å². The van der Waals surface area contributed by atoms with E-state index in [4.69, 9.17) is 13.9 Å². The van der Waals surface area contributed by atoms with Gasteiger partial charge in [-0.05, 0) is 12.1 Å². The maximum Gasteiger partial charge on any atom is 0.226 e. The van der Waals surface area contributed by atoms with Gasteiger partial charge in [0.1, 0.15) is 17.9 Å². The summed E-state index contributed by atoms with van der Waals surface area (Å²) in [5.41, 5.74) is 0. The number of aromatic nitrogens is 2. The standard InChI is InChI=1S/C17H20N4O4/c1-23-16-5-15(19-10-20-16)21-7-12-13(9-25-14(12)8-21)17(22)18-6-11-3-2-4-24-11/h2-5,10,12-14H,6-9H2,1H3,(H,18,22)/t12-,13+,14-/m1/s1. The minimum absolute atomic E-state index is 0.00557. The number of hydrogen-bond donors (Lipinski definition) is 1. The second-order valence-electron chi connectivity index (χ2n) is 6.26. The molecule has 3 atom stereocenters. The molecule has 0 aliphatic carbocycles. The third kappa shape index (κ3) is 3.17. The molecule has 4 heterocycles. The Morgan fingerprint density at radius 3 is 3.16 bits per heavy atom. The average Bonchev–Trinajstić information content (AvgIpc) is 3.36. The summed E-state index contributed by atoms with van der Waals surface area (Å²) in [6, 6.07) is 5.45. The Labute approximate surface area is 145 Å². The molecule has 0 saturated carbocycles. The maximum atomic E-state index is 12.5. The van der Waals surface area contributed by atoms with Crippen LogP contribution in [0.25, 0.3) is 0 Å². The molecule has 0 unspecified atom stereocenters. The largest absolute Gasteiger partial charge is 0.481 e. The third-order valence-corrected chi connectivity index (χ3v) is 4.83. The summed E-state index contributed by atoms with van der Waals surface area (Å²) in [5.74, 6) is 2.05. The summed E-state index contributed by atoms with van der Waals surface area (Å²) in [4.78, 5) is 23.0. The number of carbonyl (C=O) groups excluding carboxylic acids is 1. The van der Waals surface area contributed by atoms with Gasteiger partial charge < -0.3 is 24.1 Å². The Bertz CT molecular complexity index is 736. The van der Waals surface area contributed by atoms with E-state index < -0.39 is 0 Å². The fourth-order valence-electron chi connectivity index (χ4n) is 3.50. The molecular weight excluding hydrogens is 324 g/mol. The zero-order chi connectivity index (χ0) is 17.2. The van der Waals surface area contributed by atoms with Crippen LogP contribution in [0, 0.1) is 11.8 Å². The molecule has 0 radical (unpaired) electrons. The molecule has 1 amide bonds. The number of nitrogens with one attached hydrogen (secondary N) is 1. The first-order valence-electron chi connectivity index (χ1n) is 8.27. The van der Waals surface area contributed by atoms with Gasteiger partial charge in [0.25, 0.3) is 0 Å². The van der Waals surface area contributed by atoms with Crippen molar-refractivity contribution in [3.05, 3.63) is 36.5 Å². The van der Waals surface area contributed by atoms with Crippen molar-refractivity contribution in [1.29, 1.82) is 0 Å². The lowest BCUT2D eigenvalue weighted by molar-refractivity contribution is -0.126. The van der Waals surface area contributed by atoms with Gasteiger partial charge in [0.15, 0.2) is 0 Å². The third-order valence-electron chi connectivity index (χ3n) is 4.83. The monoisotopic (exact) mass is 344 g/mol. The van der Waals surface area contributed by atoms with E-state index in [0.717, 1.165) is 18.1 Å². The minimum atomic E-state index is -0.159. The highest BCUT2D eigenvalue weighted by Crippen LogP contribution is 2.35. The Kier molecular flexibility index (Phi) is 4.27. The van der Waals surface area contributed by atoms with Crippen molar-refractivity contribution in [2.45, 2.75) is 12.6 Å². The zero-order valence-electron chi connectivity index (χ0n) is 13.9. The molecule has 2 aromatic rings. The van der Waals surface area contributed by atoms with Gasteiger partial charge in [-0.15, -0.1) is 0 Å². The highest BCUT2D eigenvalue weighted by molar-refractivity contribution is 5.79. The van der Waals surface area contributed by atoms with E-state index in [9.17, 15) is 4.79 Å². The van der Waals surface area contributed by atoms with Crippen molar-refractivity contribution in [1.82, 2.24) is 15.3 Å². The molecule has 0 aromatic carbocycles. The lowest BCUT2D eigenvalue weighted by Crippen LogP contribution is -2.36. The van der Waals surface area contributed by atoms with Crippen LogP contribution >= 0.6 is 0 Å². The average molecular weight is 344 g/mol. The second kappa shape index (κ2) is 6.72. The van der Waals surface area contributed by atoms with E-state index in [-0.39, 0.29) is 23.8 Å². The van der Waals surface area contributed by atoms with Gasteiger partial charge in [-0.2, -0.15) is 0 Å². The molecular formula is C17H20N4O4. The van der Waals surface area contributed by atoms with Crippen LogP contribution in [0.5, 0.6) is 5.88 Å². The Hall–Kier alpha value is -2.61. The number of rotatable bonds is 5. The summed E-state index contributed by atoms with van der Waals surface area (Å²) in [7, 11) is 1.58. The van der Waals surface area contributed by atoms with Gasteiger partial charge in [0.2, 0.25) is 11.8 Å². The number of fused-ring (bicyclic) bond motifs is 1. The van der Waals surface area contributed by atoms with E-state index in [1.165, 1.54) is 6.33 Å². The number of nitrogens with zero attached hydrogens (tertiary/aromatic N) is 3. The highest BCUT2D eigenvalue weighted by Gasteiger charge is 2.47. The van der Waals surface area contributed by atoms with Crippen LogP contribution < -0.4 is 15.0 Å². The molecule has 8 heteroatoms. The maximum absolute atomic E-state index is 12.5. The Morgan fingerprint density at radius 1 is 1.44 bits per heavy atom. The number of amides is 1. The van der Waals surface area contributed by atoms with Gasteiger partial charge in [-0.25, -0.2) is 9.97 Å². The first-order chi connectivity index (χ1) is 12.2. The van der Waals surface area contributed by atoms with E-state index in [2.05, 4.69) is 20.2 Å². The van der Waals surface area contributed by atoms with E-state index in [0.29, 0.717) is 25.6 Å². The minimum Gasteiger partial charge on any atom is -0.481 e. The smallest absolute Gasteiger partial charge is 0.226 e. The molecule has 2 aliphatic heterocycles. The Morgan fingerprint density at radius 2 is 2.36 bits per heavy atom. The number of furan rings is 1. The first kappa shape index (κ1) is 15.9. The number of ether oxygens (including phenoxy) is 2. The highest BCUT2D eigenvalue weighted by atomic mass is 16.5. The molecule has 2 aromatic heterocycles. The van der Waals surface area contributed by atoms with E-state index in [1.807, 2.05) is 6.07 Å². The van der Waals surface area contributed by atoms with Crippen LogP contribution in [0.4, 0.5) is 5.82 Å². The molecule has 25 heavy (non-hydrogen) atoms. The predicted molar refractivity (Wildman–Crippen MR) is 88.1 cm³/mol. The number of methoxy groups -OCH3 is 1. The van der Waals surface area contributed by atoms with Crippen molar-refractivity contribution >= 4 is 11.7 Å². The van der Waals surface area contributed by atoms with Crippen molar-refractivity contribution in [2.75, 3.05) is 31.7 Å². The van der Waals surface area contributed by atoms with Crippen molar-refractivity contribution < 1.29 is 18.7 Å². The van der Waals surface area contributed by atoms with Gasteiger partial charge in [0, 0.05) is 25.1 Å². The summed E-state index contributed by atoms with van der Waals surface area (Å²) in [6.07, 6.45) is 3.12. The molecule has 0 bridgehead atoms. The Balaban J connectivity index is 1.39. The van der Waals surface area contributed by atoms with Crippen LogP contribution in [-0.2, 0) is 16.1 Å². The first-order valence-corrected chi connectivity index (χ1v) is 8.27. The predicted octanol–water partition coefficient (Wildman–Crippen LogP) is 0.846. The summed E-state index contributed by atoms with van der Waals surface area (Å²) in [6.45, 7) is 2.29. The molecule has 8 nitrogen and oxygen atoms in total. The molecule has 1 N–H and O–H groups in total. The van der Waals surface area contributed by atoms with E-state index >= 15 is 0 Å². The quantitative estimate of drug-likeness (QED) is 0.860. The molecule has 0 spiro atoms. The fourth-order valence-corrected chi connectivity index (χ4v) is 3.50. The summed E-state index contributed by atoms with van der Waals surface area (Å²) < 4.78 is 16.3. The topological polar surface area (TPSA) is 89.7 Å². The van der Waals surface area contributed by atoms with Crippen molar-refractivity contribution in [3.8, 4) is 5.88 Å². The lowest BCUT2D eigenvalue weighted by atomic mass is 9.92. The molecule has 2 aliphatic rings. The van der Waals surface area contributed by atoms with Crippen LogP contribution in [0.2, 0.25) is 0 Å². The van der Waals surface area contributed by atoms with Crippen LogP contribution in [0.1, 0.15) is 5.76 Å². The van der Waals surface area contributed by atoms with Crippen LogP contribution in [0.3, 0.4) is 0 Å².